The SMILES string of the molecule is CC(C)(C)Cc1ccc(C(=O)Oc2c(F)c(F)c(C(=O)Oc3ccc([N+](=O)[O-])c4ccccc34)c(F)c2F)cc1. The molecule has 0 amide bonds. The molecule has 4 aromatic carbocycles. The standard InChI is InChI=1S/C29H21F4NO6/c1-29(2,3)14-15-8-10-16(11-9-15)27(35)40-26-24(32)22(30)21(23(31)25(26)33)28(36)39-20-13-12-19(34(37)38)17-6-4-5-7-18(17)20/h4-13H,14H2,1-3H3. The number of hydrogen-bond donors (Lipinski definition) is 0. The number of fused-ring (bicyclic) bond motifs is 1. The fourth-order valence-corrected chi connectivity index (χ4v) is 4.06. The molecule has 0 saturated carbocycles. The molecule has 4 aromatic rings. The molecule has 0 bridgehead atoms. The average molecular weight is 555 g/mol. The van der Waals surface area contributed by atoms with Gasteiger partial charge in [0.1, 0.15) is 11.3 Å². The average Bonchev–Trinajstić information content (AvgIpc) is 2.89. The van der Waals surface area contributed by atoms with Gasteiger partial charge in [-0.05, 0) is 41.7 Å². The van der Waals surface area contributed by atoms with E-state index in [9.17, 15) is 37.3 Å². The maximum absolute atomic E-state index is 14.8. The number of nitro groups is 1. The number of nitro benzene ring substituents is 1. The lowest BCUT2D eigenvalue weighted by Gasteiger charge is -2.18. The van der Waals surface area contributed by atoms with Gasteiger partial charge in [-0.2, -0.15) is 8.78 Å². The molecular formula is C29H21F4NO6. The van der Waals surface area contributed by atoms with Crippen LogP contribution >= 0.6 is 0 Å². The summed E-state index contributed by atoms with van der Waals surface area (Å²) in [6, 6.07) is 13.5. The van der Waals surface area contributed by atoms with Crippen molar-refractivity contribution in [2.75, 3.05) is 0 Å². The molecule has 0 radical (unpaired) electrons. The lowest BCUT2D eigenvalue weighted by Crippen LogP contribution is -2.19. The van der Waals surface area contributed by atoms with Crippen molar-refractivity contribution < 1.29 is 41.5 Å². The molecule has 0 fully saturated rings. The van der Waals surface area contributed by atoms with Crippen LogP contribution in [0.15, 0.2) is 60.7 Å². The molecule has 0 N–H and O–H groups in total. The van der Waals surface area contributed by atoms with Crippen molar-refractivity contribution in [3.05, 3.63) is 111 Å². The van der Waals surface area contributed by atoms with Gasteiger partial charge in [-0.1, -0.05) is 51.1 Å². The minimum Gasteiger partial charge on any atom is -0.422 e. The molecule has 0 unspecified atom stereocenters. The Morgan fingerprint density at radius 3 is 1.90 bits per heavy atom. The molecule has 0 aliphatic rings. The molecular weight excluding hydrogens is 534 g/mol. The molecule has 0 saturated heterocycles. The fourth-order valence-electron chi connectivity index (χ4n) is 4.06. The zero-order chi connectivity index (χ0) is 29.4. The first-order valence-electron chi connectivity index (χ1n) is 11.8. The second-order valence-electron chi connectivity index (χ2n) is 10.1. The highest BCUT2D eigenvalue weighted by Gasteiger charge is 2.33. The van der Waals surface area contributed by atoms with Gasteiger partial charge < -0.3 is 9.47 Å². The maximum atomic E-state index is 14.8. The van der Waals surface area contributed by atoms with Gasteiger partial charge in [0.15, 0.2) is 11.6 Å². The number of rotatable bonds is 6. The van der Waals surface area contributed by atoms with Gasteiger partial charge in [0, 0.05) is 11.5 Å². The summed E-state index contributed by atoms with van der Waals surface area (Å²) in [5, 5.41) is 11.4. The predicted octanol–water partition coefficient (Wildman–Crippen LogP) is 7.33. The number of carbonyl (C=O) groups is 2. The quantitative estimate of drug-likeness (QED) is 0.0617. The Bertz CT molecular complexity index is 1630. The molecule has 0 aliphatic heterocycles. The molecule has 0 atom stereocenters. The van der Waals surface area contributed by atoms with Crippen LogP contribution in [0.3, 0.4) is 0 Å². The first-order chi connectivity index (χ1) is 18.8. The topological polar surface area (TPSA) is 95.7 Å². The number of esters is 2. The summed E-state index contributed by atoms with van der Waals surface area (Å²) in [5.41, 5.74) is -1.35. The van der Waals surface area contributed by atoms with Crippen LogP contribution in [0.1, 0.15) is 47.1 Å². The summed E-state index contributed by atoms with van der Waals surface area (Å²) < 4.78 is 68.8. The normalized spacial score (nSPS) is 11.4. The Hall–Kier alpha value is -4.80. The molecule has 0 heterocycles. The Morgan fingerprint density at radius 1 is 0.775 bits per heavy atom. The summed E-state index contributed by atoms with van der Waals surface area (Å²) in [6.07, 6.45) is 0.676. The number of hydrogen-bond acceptors (Lipinski definition) is 6. The van der Waals surface area contributed by atoms with Crippen LogP contribution in [0.2, 0.25) is 0 Å². The van der Waals surface area contributed by atoms with Crippen LogP contribution in [-0.4, -0.2) is 16.9 Å². The molecule has 0 aromatic heterocycles. The smallest absolute Gasteiger partial charge is 0.349 e. The van der Waals surface area contributed by atoms with Crippen LogP contribution in [0.4, 0.5) is 23.2 Å². The summed E-state index contributed by atoms with van der Waals surface area (Å²) in [4.78, 5) is 35.7. The number of ether oxygens (including phenoxy) is 2. The third kappa shape index (κ3) is 5.63. The van der Waals surface area contributed by atoms with Gasteiger partial charge in [0.05, 0.1) is 15.9 Å². The molecule has 11 heteroatoms. The van der Waals surface area contributed by atoms with Gasteiger partial charge in [-0.25, -0.2) is 18.4 Å². The van der Waals surface area contributed by atoms with E-state index < -0.39 is 51.4 Å². The molecule has 206 valence electrons. The van der Waals surface area contributed by atoms with E-state index in [2.05, 4.69) is 4.74 Å². The van der Waals surface area contributed by atoms with Crippen LogP contribution in [0.5, 0.6) is 11.5 Å². The van der Waals surface area contributed by atoms with E-state index in [-0.39, 0.29) is 33.2 Å². The zero-order valence-corrected chi connectivity index (χ0v) is 21.4. The van der Waals surface area contributed by atoms with E-state index in [1.807, 2.05) is 20.8 Å². The van der Waals surface area contributed by atoms with Crippen molar-refractivity contribution in [3.63, 3.8) is 0 Å². The lowest BCUT2D eigenvalue weighted by atomic mass is 9.88. The lowest BCUT2D eigenvalue weighted by molar-refractivity contribution is -0.383. The van der Waals surface area contributed by atoms with Crippen molar-refractivity contribution in [1.29, 1.82) is 0 Å². The number of non-ortho nitro benzene ring substituents is 1. The fraction of sp³-hybridized carbons (Fsp3) is 0.172. The summed E-state index contributed by atoms with van der Waals surface area (Å²) in [7, 11) is 0. The van der Waals surface area contributed by atoms with E-state index in [0.717, 1.165) is 17.7 Å². The number of carbonyl (C=O) groups excluding carboxylic acids is 2. The Balaban J connectivity index is 1.63. The first-order valence-corrected chi connectivity index (χ1v) is 11.8. The minimum atomic E-state index is -2.15. The number of nitrogens with zero attached hydrogens (tertiary/aromatic N) is 1. The third-order valence-electron chi connectivity index (χ3n) is 5.81. The van der Waals surface area contributed by atoms with Crippen molar-refractivity contribution in [2.45, 2.75) is 27.2 Å². The Kier molecular flexibility index (Phi) is 7.59. The molecule has 0 aliphatic carbocycles. The monoisotopic (exact) mass is 555 g/mol. The highest BCUT2D eigenvalue weighted by molar-refractivity contribution is 5.99. The van der Waals surface area contributed by atoms with Crippen molar-refractivity contribution in [3.8, 4) is 11.5 Å². The summed E-state index contributed by atoms with van der Waals surface area (Å²) in [5.74, 6) is -13.7. The van der Waals surface area contributed by atoms with E-state index in [4.69, 9.17) is 4.74 Å². The van der Waals surface area contributed by atoms with Gasteiger partial charge in [-0.15, -0.1) is 0 Å². The highest BCUT2D eigenvalue weighted by atomic mass is 19.2. The van der Waals surface area contributed by atoms with E-state index in [0.29, 0.717) is 6.42 Å². The van der Waals surface area contributed by atoms with Crippen LogP contribution in [0, 0.1) is 38.8 Å². The van der Waals surface area contributed by atoms with Crippen LogP contribution in [-0.2, 0) is 6.42 Å². The van der Waals surface area contributed by atoms with Crippen molar-refractivity contribution in [2.24, 2.45) is 5.41 Å². The summed E-state index contributed by atoms with van der Waals surface area (Å²) in [6.45, 7) is 6.03. The van der Waals surface area contributed by atoms with E-state index >= 15 is 0 Å². The van der Waals surface area contributed by atoms with Gasteiger partial charge in [0.25, 0.3) is 5.69 Å². The van der Waals surface area contributed by atoms with Gasteiger partial charge >= 0.3 is 11.9 Å². The largest absolute Gasteiger partial charge is 0.422 e. The number of benzene rings is 4. The van der Waals surface area contributed by atoms with Gasteiger partial charge in [-0.3, -0.25) is 10.1 Å². The molecule has 7 nitrogen and oxygen atoms in total. The summed E-state index contributed by atoms with van der Waals surface area (Å²) >= 11 is 0. The second-order valence-corrected chi connectivity index (χ2v) is 10.1. The van der Waals surface area contributed by atoms with Crippen molar-refractivity contribution in [1.82, 2.24) is 0 Å². The first kappa shape index (κ1) is 28.2. The predicted molar refractivity (Wildman–Crippen MR) is 136 cm³/mol. The van der Waals surface area contributed by atoms with Gasteiger partial charge in [0.2, 0.25) is 17.4 Å². The molecule has 40 heavy (non-hydrogen) atoms. The zero-order valence-electron chi connectivity index (χ0n) is 21.4. The number of halogens is 4. The Morgan fingerprint density at radius 2 is 1.35 bits per heavy atom. The minimum absolute atomic E-state index is 0.0332. The van der Waals surface area contributed by atoms with Crippen LogP contribution in [0.25, 0.3) is 10.8 Å². The maximum Gasteiger partial charge on any atom is 0.349 e. The molecule has 4 rings (SSSR count). The Labute approximate surface area is 225 Å². The van der Waals surface area contributed by atoms with E-state index in [1.54, 1.807) is 12.1 Å². The third-order valence-corrected chi connectivity index (χ3v) is 5.81. The van der Waals surface area contributed by atoms with E-state index in [1.165, 1.54) is 36.4 Å². The van der Waals surface area contributed by atoms with Crippen molar-refractivity contribution >= 4 is 28.4 Å². The second kappa shape index (κ2) is 10.8. The van der Waals surface area contributed by atoms with Crippen LogP contribution < -0.4 is 9.47 Å². The molecule has 0 spiro atoms. The highest BCUT2D eigenvalue weighted by Crippen LogP contribution is 2.35.